The highest BCUT2D eigenvalue weighted by Crippen LogP contribution is 2.16. The van der Waals surface area contributed by atoms with Crippen LogP contribution in [0, 0.1) is 6.92 Å². The smallest absolute Gasteiger partial charge is 0.228 e. The summed E-state index contributed by atoms with van der Waals surface area (Å²) in [6.45, 7) is 9.74. The van der Waals surface area contributed by atoms with Crippen molar-refractivity contribution >= 4 is 17.5 Å². The number of hydrogen-bond acceptors (Lipinski definition) is 4. The van der Waals surface area contributed by atoms with Crippen molar-refractivity contribution in [1.82, 2.24) is 9.97 Å². The van der Waals surface area contributed by atoms with Crippen LogP contribution in [0.3, 0.4) is 0 Å². The fourth-order valence-corrected chi connectivity index (χ4v) is 1.74. The van der Waals surface area contributed by atoms with Crippen molar-refractivity contribution in [2.75, 3.05) is 23.9 Å². The van der Waals surface area contributed by atoms with Gasteiger partial charge in [-0.3, -0.25) is 0 Å². The molecule has 0 fully saturated rings. The second kappa shape index (κ2) is 7.41. The lowest BCUT2D eigenvalue weighted by Gasteiger charge is -2.21. The number of aryl methyl sites for hydroxylation is 1. The van der Waals surface area contributed by atoms with Crippen molar-refractivity contribution in [3.63, 3.8) is 0 Å². The second-order valence-corrected chi connectivity index (χ2v) is 4.81. The van der Waals surface area contributed by atoms with Gasteiger partial charge in [0.25, 0.3) is 0 Å². The monoisotopic (exact) mass is 271 g/mol. The maximum Gasteiger partial charge on any atom is 0.228 e. The lowest BCUT2D eigenvalue weighted by molar-refractivity contribution is 0.232. The number of aromatic nitrogens is 2. The van der Waals surface area contributed by atoms with Crippen LogP contribution in [0.2, 0.25) is 0 Å². The van der Waals surface area contributed by atoms with E-state index in [1.54, 1.807) is 0 Å². The molecule has 18 heavy (non-hydrogen) atoms. The van der Waals surface area contributed by atoms with Crippen LogP contribution in [0.5, 0.6) is 5.88 Å². The summed E-state index contributed by atoms with van der Waals surface area (Å²) in [7, 11) is 0. The maximum atomic E-state index is 5.73. The normalized spacial score (nSPS) is 10.8. The Kier molecular flexibility index (Phi) is 6.19. The van der Waals surface area contributed by atoms with Crippen molar-refractivity contribution < 1.29 is 4.74 Å². The van der Waals surface area contributed by atoms with E-state index in [2.05, 4.69) is 21.8 Å². The van der Waals surface area contributed by atoms with E-state index in [0.29, 0.717) is 11.8 Å². The van der Waals surface area contributed by atoms with Crippen molar-refractivity contribution in [3.8, 4) is 5.88 Å². The largest absolute Gasteiger partial charge is 0.475 e. The molecule has 0 saturated carbocycles. The van der Waals surface area contributed by atoms with Crippen LogP contribution in [0.4, 0.5) is 5.95 Å². The van der Waals surface area contributed by atoms with Gasteiger partial charge >= 0.3 is 0 Å². The van der Waals surface area contributed by atoms with E-state index < -0.39 is 0 Å². The molecule has 1 rings (SSSR count). The summed E-state index contributed by atoms with van der Waals surface area (Å²) in [5.74, 6) is 2.01. The summed E-state index contributed by atoms with van der Waals surface area (Å²) in [4.78, 5) is 11.0. The van der Waals surface area contributed by atoms with Crippen molar-refractivity contribution in [2.45, 2.75) is 40.2 Å². The molecule has 0 atom stereocenters. The average molecular weight is 272 g/mol. The van der Waals surface area contributed by atoms with Gasteiger partial charge in [0, 0.05) is 30.7 Å². The minimum Gasteiger partial charge on any atom is -0.475 e. The van der Waals surface area contributed by atoms with Crippen LogP contribution in [0.1, 0.15) is 32.9 Å². The Morgan fingerprint density at radius 2 is 2.11 bits per heavy atom. The summed E-state index contributed by atoms with van der Waals surface area (Å²) < 4.78 is 5.63. The molecule has 1 aromatic rings. The molecule has 1 heterocycles. The first-order valence-corrected chi connectivity index (χ1v) is 6.93. The molecular formula is C13H22ClN3O. The van der Waals surface area contributed by atoms with Gasteiger partial charge in [0.15, 0.2) is 0 Å². The first-order valence-electron chi connectivity index (χ1n) is 6.40. The van der Waals surface area contributed by atoms with E-state index in [1.165, 1.54) is 0 Å². The zero-order valence-corrected chi connectivity index (χ0v) is 12.4. The zero-order valence-electron chi connectivity index (χ0n) is 11.6. The molecule has 0 unspecified atom stereocenters. The Bertz CT molecular complexity index is 371. The molecule has 0 spiro atoms. The number of hydrogen-bond donors (Lipinski definition) is 0. The van der Waals surface area contributed by atoms with E-state index in [0.717, 1.165) is 31.2 Å². The number of rotatable bonds is 7. The third kappa shape index (κ3) is 4.69. The Morgan fingerprint density at radius 1 is 1.39 bits per heavy atom. The highest BCUT2D eigenvalue weighted by molar-refractivity contribution is 6.17. The van der Waals surface area contributed by atoms with Crippen LogP contribution < -0.4 is 9.64 Å². The Labute approximate surface area is 114 Å². The molecule has 0 radical (unpaired) electrons. The summed E-state index contributed by atoms with van der Waals surface area (Å²) in [6, 6.07) is 1.86. The van der Waals surface area contributed by atoms with Gasteiger partial charge in [0.05, 0.1) is 6.10 Å². The van der Waals surface area contributed by atoms with Crippen LogP contribution in [-0.2, 0) is 0 Å². The summed E-state index contributed by atoms with van der Waals surface area (Å²) in [5.41, 5.74) is 0.917. The van der Waals surface area contributed by atoms with Crippen molar-refractivity contribution in [2.24, 2.45) is 0 Å². The molecule has 0 aliphatic heterocycles. The highest BCUT2D eigenvalue weighted by Gasteiger charge is 2.10. The maximum absolute atomic E-state index is 5.73. The topological polar surface area (TPSA) is 38.2 Å². The molecule has 0 amide bonds. The number of alkyl halides is 1. The third-order valence-electron chi connectivity index (χ3n) is 2.40. The van der Waals surface area contributed by atoms with Crippen LogP contribution in [-0.4, -0.2) is 35.0 Å². The van der Waals surface area contributed by atoms with Gasteiger partial charge in [-0.2, -0.15) is 4.98 Å². The van der Waals surface area contributed by atoms with Gasteiger partial charge in [-0.1, -0.05) is 0 Å². The van der Waals surface area contributed by atoms with Gasteiger partial charge < -0.3 is 9.64 Å². The average Bonchev–Trinajstić information content (AvgIpc) is 2.28. The molecule has 102 valence electrons. The Balaban J connectivity index is 2.88. The number of anilines is 1. The quantitative estimate of drug-likeness (QED) is 0.715. The van der Waals surface area contributed by atoms with Crippen molar-refractivity contribution in [1.29, 1.82) is 0 Å². The van der Waals surface area contributed by atoms with E-state index in [9.17, 15) is 0 Å². The molecule has 0 aromatic carbocycles. The molecule has 1 aromatic heterocycles. The van der Waals surface area contributed by atoms with Gasteiger partial charge in [-0.15, -0.1) is 11.6 Å². The summed E-state index contributed by atoms with van der Waals surface area (Å²) in [6.07, 6.45) is 1.04. The number of halogens is 1. The van der Waals surface area contributed by atoms with Crippen LogP contribution in [0.25, 0.3) is 0 Å². The van der Waals surface area contributed by atoms with E-state index in [-0.39, 0.29) is 6.10 Å². The third-order valence-corrected chi connectivity index (χ3v) is 2.67. The van der Waals surface area contributed by atoms with E-state index in [1.807, 2.05) is 26.8 Å². The minimum absolute atomic E-state index is 0.116. The molecule has 4 nitrogen and oxygen atoms in total. The lowest BCUT2D eigenvalue weighted by Crippen LogP contribution is -2.26. The fraction of sp³-hybridized carbons (Fsp3) is 0.692. The molecule has 5 heteroatoms. The molecule has 0 aliphatic carbocycles. The summed E-state index contributed by atoms with van der Waals surface area (Å²) in [5, 5.41) is 0. The van der Waals surface area contributed by atoms with E-state index >= 15 is 0 Å². The summed E-state index contributed by atoms with van der Waals surface area (Å²) >= 11 is 5.73. The standard InChI is InChI=1S/C13H22ClN3O/c1-5-17(8-6-7-14)13-15-11(4)9-12(16-13)18-10(2)3/h9-10H,5-8H2,1-4H3. The van der Waals surface area contributed by atoms with Crippen LogP contribution in [0.15, 0.2) is 6.07 Å². The zero-order chi connectivity index (χ0) is 13.5. The van der Waals surface area contributed by atoms with Gasteiger partial charge in [0.2, 0.25) is 11.8 Å². The molecule has 0 bridgehead atoms. The van der Waals surface area contributed by atoms with E-state index in [4.69, 9.17) is 16.3 Å². The SMILES string of the molecule is CCN(CCCCl)c1nc(C)cc(OC(C)C)n1. The number of nitrogens with zero attached hydrogens (tertiary/aromatic N) is 3. The molecule has 0 N–H and O–H groups in total. The second-order valence-electron chi connectivity index (χ2n) is 4.44. The van der Waals surface area contributed by atoms with Gasteiger partial charge in [-0.05, 0) is 34.1 Å². The van der Waals surface area contributed by atoms with Gasteiger partial charge in [0.1, 0.15) is 0 Å². The Morgan fingerprint density at radius 3 is 2.67 bits per heavy atom. The fourth-order valence-electron chi connectivity index (χ4n) is 1.62. The first-order chi connectivity index (χ1) is 8.56. The highest BCUT2D eigenvalue weighted by atomic mass is 35.5. The van der Waals surface area contributed by atoms with Crippen molar-refractivity contribution in [3.05, 3.63) is 11.8 Å². The number of ether oxygens (including phenoxy) is 1. The predicted molar refractivity (Wildman–Crippen MR) is 75.8 cm³/mol. The Hall–Kier alpha value is -1.03. The van der Waals surface area contributed by atoms with Crippen LogP contribution >= 0.6 is 11.6 Å². The first kappa shape index (κ1) is 15.0. The molecule has 0 saturated heterocycles. The molecular weight excluding hydrogens is 250 g/mol. The predicted octanol–water partition coefficient (Wildman–Crippen LogP) is 3.03. The van der Waals surface area contributed by atoms with Gasteiger partial charge in [-0.25, -0.2) is 4.98 Å². The lowest BCUT2D eigenvalue weighted by atomic mass is 10.4. The minimum atomic E-state index is 0.116. The molecule has 0 aliphatic rings.